The van der Waals surface area contributed by atoms with Crippen LogP contribution in [0.25, 0.3) is 0 Å². The van der Waals surface area contributed by atoms with Crippen LogP contribution >= 0.6 is 0 Å². The lowest BCUT2D eigenvalue weighted by molar-refractivity contribution is -0.186. The predicted molar refractivity (Wildman–Crippen MR) is 62.9 cm³/mol. The molecular weight excluding hydrogens is 186 g/mol. The average Bonchev–Trinajstić information content (AvgIpc) is 2.47. The fourth-order valence-corrected chi connectivity index (χ4v) is 3.03. The molecular formula is C13H25NO. The molecule has 1 aliphatic heterocycles. The minimum atomic E-state index is 0.0301. The molecule has 1 spiro atoms. The quantitative estimate of drug-likeness (QED) is 0.720. The lowest BCUT2D eigenvalue weighted by atomic mass is 9.87. The summed E-state index contributed by atoms with van der Waals surface area (Å²) in [6.45, 7) is 11.2. The van der Waals surface area contributed by atoms with Gasteiger partial charge in [-0.1, -0.05) is 20.8 Å². The second-order valence-corrected chi connectivity index (χ2v) is 6.20. The van der Waals surface area contributed by atoms with Crippen LogP contribution < -0.4 is 5.32 Å². The first-order valence-corrected chi connectivity index (χ1v) is 6.37. The Hall–Kier alpha value is -0.0800. The van der Waals surface area contributed by atoms with Crippen molar-refractivity contribution in [1.82, 2.24) is 5.32 Å². The van der Waals surface area contributed by atoms with Gasteiger partial charge in [-0.25, -0.2) is 0 Å². The number of ether oxygens (including phenoxy) is 1. The summed E-state index contributed by atoms with van der Waals surface area (Å²) in [5.74, 6) is 1.42. The highest BCUT2D eigenvalue weighted by Crippen LogP contribution is 2.42. The van der Waals surface area contributed by atoms with Gasteiger partial charge in [0.15, 0.2) is 0 Å². The van der Waals surface area contributed by atoms with Crippen LogP contribution in [0.1, 0.15) is 47.0 Å². The molecule has 2 aliphatic rings. The van der Waals surface area contributed by atoms with E-state index >= 15 is 0 Å². The van der Waals surface area contributed by atoms with Crippen molar-refractivity contribution in [3.8, 4) is 0 Å². The maximum Gasteiger partial charge on any atom is 0.0817 e. The van der Waals surface area contributed by atoms with Crippen LogP contribution in [0.15, 0.2) is 0 Å². The van der Waals surface area contributed by atoms with Crippen LogP contribution in [0.5, 0.6) is 0 Å². The highest BCUT2D eigenvalue weighted by atomic mass is 16.5. The molecule has 1 heterocycles. The van der Waals surface area contributed by atoms with E-state index in [1.807, 2.05) is 0 Å². The van der Waals surface area contributed by atoms with Gasteiger partial charge in [-0.3, -0.25) is 0 Å². The van der Waals surface area contributed by atoms with E-state index in [9.17, 15) is 0 Å². The minimum Gasteiger partial charge on any atom is -0.366 e. The Balaban J connectivity index is 2.10. The summed E-state index contributed by atoms with van der Waals surface area (Å²) in [7, 11) is 0. The van der Waals surface area contributed by atoms with E-state index in [2.05, 4.69) is 33.0 Å². The van der Waals surface area contributed by atoms with E-state index in [0.717, 1.165) is 19.0 Å². The van der Waals surface area contributed by atoms with Crippen LogP contribution in [0.3, 0.4) is 0 Å². The van der Waals surface area contributed by atoms with E-state index < -0.39 is 0 Å². The number of hydrogen-bond donors (Lipinski definition) is 1. The highest BCUT2D eigenvalue weighted by molar-refractivity contribution is 4.99. The summed E-state index contributed by atoms with van der Waals surface area (Å²) in [6.07, 6.45) is 3.81. The van der Waals surface area contributed by atoms with Crippen LogP contribution in [-0.4, -0.2) is 24.3 Å². The van der Waals surface area contributed by atoms with E-state index in [1.54, 1.807) is 0 Å². The molecule has 0 bridgehead atoms. The summed E-state index contributed by atoms with van der Waals surface area (Å²) < 4.78 is 6.49. The minimum absolute atomic E-state index is 0.0301. The Labute approximate surface area is 93.8 Å². The maximum atomic E-state index is 6.49. The molecule has 1 N–H and O–H groups in total. The van der Waals surface area contributed by atoms with Gasteiger partial charge in [-0.15, -0.1) is 0 Å². The molecule has 0 amide bonds. The van der Waals surface area contributed by atoms with Gasteiger partial charge < -0.3 is 10.1 Å². The third-order valence-corrected chi connectivity index (χ3v) is 4.41. The molecule has 2 rings (SSSR count). The fourth-order valence-electron chi connectivity index (χ4n) is 3.03. The van der Waals surface area contributed by atoms with E-state index in [4.69, 9.17) is 4.74 Å². The summed E-state index contributed by atoms with van der Waals surface area (Å²) in [5.41, 5.74) is 0.180. The van der Waals surface area contributed by atoms with Crippen LogP contribution in [-0.2, 0) is 4.74 Å². The second-order valence-electron chi connectivity index (χ2n) is 6.20. The average molecular weight is 211 g/mol. The molecule has 3 atom stereocenters. The molecule has 1 saturated carbocycles. The maximum absolute atomic E-state index is 6.49. The monoisotopic (exact) mass is 211 g/mol. The number of morpholine rings is 1. The molecule has 0 radical (unpaired) electrons. The number of nitrogens with one attached hydrogen (secondary N) is 1. The largest absolute Gasteiger partial charge is 0.366 e. The smallest absolute Gasteiger partial charge is 0.0817 e. The van der Waals surface area contributed by atoms with Crippen molar-refractivity contribution >= 4 is 0 Å². The van der Waals surface area contributed by atoms with Crippen LogP contribution in [0.4, 0.5) is 0 Å². The van der Waals surface area contributed by atoms with Gasteiger partial charge in [0.2, 0.25) is 0 Å². The predicted octanol–water partition coefficient (Wildman–Crippen LogP) is 2.58. The molecule has 88 valence electrons. The summed E-state index contributed by atoms with van der Waals surface area (Å²) in [4.78, 5) is 0. The zero-order chi connectivity index (χ0) is 11.1. The Morgan fingerprint density at radius 1 is 1.33 bits per heavy atom. The molecule has 2 heteroatoms. The van der Waals surface area contributed by atoms with Crippen molar-refractivity contribution in [2.45, 2.75) is 58.2 Å². The van der Waals surface area contributed by atoms with Crippen molar-refractivity contribution in [2.24, 2.45) is 11.8 Å². The van der Waals surface area contributed by atoms with Gasteiger partial charge in [0.1, 0.15) is 0 Å². The van der Waals surface area contributed by atoms with Crippen molar-refractivity contribution in [3.05, 3.63) is 0 Å². The van der Waals surface area contributed by atoms with Gasteiger partial charge in [0.25, 0.3) is 0 Å². The lowest BCUT2D eigenvalue weighted by Crippen LogP contribution is -2.60. The molecule has 15 heavy (non-hydrogen) atoms. The highest BCUT2D eigenvalue weighted by Gasteiger charge is 2.47. The van der Waals surface area contributed by atoms with E-state index in [0.29, 0.717) is 5.92 Å². The first kappa shape index (κ1) is 11.4. The Kier molecular flexibility index (Phi) is 2.85. The van der Waals surface area contributed by atoms with Gasteiger partial charge in [0, 0.05) is 13.1 Å². The van der Waals surface area contributed by atoms with Crippen LogP contribution in [0, 0.1) is 11.8 Å². The standard InChI is InChI=1S/C13H25NO/c1-10(2)12(4)8-14-9-13(15-12)6-5-11(3)7-13/h10-11,14H,5-9H2,1-4H3. The normalized spacial score (nSPS) is 46.6. The zero-order valence-electron chi connectivity index (χ0n) is 10.6. The van der Waals surface area contributed by atoms with Crippen molar-refractivity contribution in [1.29, 1.82) is 0 Å². The van der Waals surface area contributed by atoms with Gasteiger partial charge >= 0.3 is 0 Å². The van der Waals surface area contributed by atoms with Gasteiger partial charge in [-0.05, 0) is 38.0 Å². The number of rotatable bonds is 1. The van der Waals surface area contributed by atoms with Gasteiger partial charge in [-0.2, -0.15) is 0 Å². The first-order chi connectivity index (χ1) is 6.96. The molecule has 0 aromatic rings. The summed E-state index contributed by atoms with van der Waals surface area (Å²) in [5, 5.41) is 3.58. The second kappa shape index (κ2) is 3.74. The molecule has 0 aromatic heterocycles. The molecule has 2 nitrogen and oxygen atoms in total. The molecule has 2 fully saturated rings. The molecule has 0 aromatic carbocycles. The van der Waals surface area contributed by atoms with Crippen molar-refractivity contribution < 1.29 is 4.74 Å². The SMILES string of the molecule is CC1CCC2(CNCC(C)(C(C)C)O2)C1. The Bertz CT molecular complexity index is 237. The molecule has 3 unspecified atom stereocenters. The first-order valence-electron chi connectivity index (χ1n) is 6.37. The Morgan fingerprint density at radius 3 is 2.60 bits per heavy atom. The number of hydrogen-bond acceptors (Lipinski definition) is 2. The van der Waals surface area contributed by atoms with Crippen LogP contribution in [0.2, 0.25) is 0 Å². The fraction of sp³-hybridized carbons (Fsp3) is 1.00. The van der Waals surface area contributed by atoms with Crippen molar-refractivity contribution in [2.75, 3.05) is 13.1 Å². The third kappa shape index (κ3) is 2.07. The third-order valence-electron chi connectivity index (χ3n) is 4.41. The summed E-state index contributed by atoms with van der Waals surface area (Å²) in [6, 6.07) is 0. The Morgan fingerprint density at radius 2 is 2.07 bits per heavy atom. The lowest BCUT2D eigenvalue weighted by Gasteiger charge is -2.48. The topological polar surface area (TPSA) is 21.3 Å². The summed E-state index contributed by atoms with van der Waals surface area (Å²) >= 11 is 0. The molecule has 1 aliphatic carbocycles. The van der Waals surface area contributed by atoms with E-state index in [-0.39, 0.29) is 11.2 Å². The molecule has 1 saturated heterocycles. The zero-order valence-corrected chi connectivity index (χ0v) is 10.6. The van der Waals surface area contributed by atoms with Crippen molar-refractivity contribution in [3.63, 3.8) is 0 Å². The van der Waals surface area contributed by atoms with Gasteiger partial charge in [0.05, 0.1) is 11.2 Å². The van der Waals surface area contributed by atoms with E-state index in [1.165, 1.54) is 19.3 Å².